The number of carbonyl (C=O) groups is 1. The number of amides is 1. The Kier molecular flexibility index (Phi) is 6.73. The zero-order chi connectivity index (χ0) is 18.6. The predicted molar refractivity (Wildman–Crippen MR) is 108 cm³/mol. The molecule has 0 bridgehead atoms. The highest BCUT2D eigenvalue weighted by atomic mass is 32.1. The van der Waals surface area contributed by atoms with Crippen LogP contribution in [0.2, 0.25) is 0 Å². The highest BCUT2D eigenvalue weighted by molar-refractivity contribution is 7.09. The van der Waals surface area contributed by atoms with Gasteiger partial charge < -0.3 is 4.90 Å². The molecule has 2 aliphatic rings. The second-order valence-corrected chi connectivity index (χ2v) is 10.0. The molecule has 0 unspecified atom stereocenters. The lowest BCUT2D eigenvalue weighted by molar-refractivity contribution is -0.133. The summed E-state index contributed by atoms with van der Waals surface area (Å²) in [6.07, 6.45) is 8.66. The van der Waals surface area contributed by atoms with Crippen LogP contribution in [-0.4, -0.2) is 46.9 Å². The van der Waals surface area contributed by atoms with Crippen LogP contribution in [0, 0.1) is 5.92 Å². The van der Waals surface area contributed by atoms with Crippen LogP contribution in [0.25, 0.3) is 0 Å². The van der Waals surface area contributed by atoms with E-state index in [9.17, 15) is 4.79 Å². The minimum Gasteiger partial charge on any atom is -0.340 e. The monoisotopic (exact) mass is 377 g/mol. The predicted octanol–water partition coefficient (Wildman–Crippen LogP) is 4.45. The third-order valence-electron chi connectivity index (χ3n) is 5.90. The number of rotatable bonds is 5. The van der Waals surface area contributed by atoms with Crippen LogP contribution < -0.4 is 0 Å². The van der Waals surface area contributed by atoms with Gasteiger partial charge in [0, 0.05) is 43.4 Å². The molecule has 0 radical (unpaired) electrons. The first-order valence-corrected chi connectivity index (χ1v) is 11.2. The summed E-state index contributed by atoms with van der Waals surface area (Å²) in [7, 11) is 0. The van der Waals surface area contributed by atoms with E-state index in [0.717, 1.165) is 51.5 Å². The van der Waals surface area contributed by atoms with E-state index in [-0.39, 0.29) is 5.41 Å². The summed E-state index contributed by atoms with van der Waals surface area (Å²) in [4.78, 5) is 21.8. The minimum absolute atomic E-state index is 0.123. The quantitative estimate of drug-likeness (QED) is 0.761. The van der Waals surface area contributed by atoms with Crippen molar-refractivity contribution in [1.29, 1.82) is 0 Å². The van der Waals surface area contributed by atoms with Gasteiger partial charge in [-0.15, -0.1) is 11.3 Å². The smallest absolute Gasteiger partial charge is 0.222 e. The minimum atomic E-state index is 0.123. The van der Waals surface area contributed by atoms with Gasteiger partial charge in [0.1, 0.15) is 5.01 Å². The van der Waals surface area contributed by atoms with Crippen molar-refractivity contribution in [1.82, 2.24) is 14.8 Å². The molecule has 5 heteroatoms. The van der Waals surface area contributed by atoms with E-state index >= 15 is 0 Å². The molecule has 0 N–H and O–H groups in total. The SMILES string of the molecule is CC(C)(C)c1csc(CN2CCN(C(=O)CCC3CCCCC3)CC2)n1. The largest absolute Gasteiger partial charge is 0.340 e. The zero-order valence-corrected chi connectivity index (χ0v) is 17.6. The Balaban J connectivity index is 1.39. The molecule has 0 spiro atoms. The Morgan fingerprint density at radius 2 is 1.85 bits per heavy atom. The third kappa shape index (κ3) is 5.53. The first-order chi connectivity index (χ1) is 12.4. The zero-order valence-electron chi connectivity index (χ0n) is 16.8. The molecule has 1 saturated heterocycles. The van der Waals surface area contributed by atoms with Gasteiger partial charge in [0.2, 0.25) is 5.91 Å². The molecule has 2 heterocycles. The van der Waals surface area contributed by atoms with E-state index in [1.54, 1.807) is 11.3 Å². The highest BCUT2D eigenvalue weighted by Gasteiger charge is 2.24. The molecular formula is C21H35N3OS. The number of nitrogens with zero attached hydrogens (tertiary/aromatic N) is 3. The summed E-state index contributed by atoms with van der Waals surface area (Å²) in [5.41, 5.74) is 1.31. The molecule has 0 aromatic carbocycles. The maximum absolute atomic E-state index is 12.5. The van der Waals surface area contributed by atoms with Gasteiger partial charge in [0.15, 0.2) is 0 Å². The van der Waals surface area contributed by atoms with Crippen LogP contribution in [0.3, 0.4) is 0 Å². The van der Waals surface area contributed by atoms with Crippen molar-refractivity contribution in [3.05, 3.63) is 16.1 Å². The molecule has 1 amide bonds. The number of thiazole rings is 1. The van der Waals surface area contributed by atoms with Gasteiger partial charge in [-0.1, -0.05) is 52.9 Å². The fourth-order valence-corrected chi connectivity index (χ4v) is 5.10. The summed E-state index contributed by atoms with van der Waals surface area (Å²) < 4.78 is 0. The lowest BCUT2D eigenvalue weighted by atomic mass is 9.86. The maximum Gasteiger partial charge on any atom is 0.222 e. The molecule has 146 valence electrons. The standard InChI is InChI=1S/C21H35N3OS/c1-21(2,3)18-16-26-19(22-18)15-23-11-13-24(14-12-23)20(25)10-9-17-7-5-4-6-8-17/h16-17H,4-15H2,1-3H3. The summed E-state index contributed by atoms with van der Waals surface area (Å²) >= 11 is 1.77. The molecule has 1 aliphatic heterocycles. The Hall–Kier alpha value is -0.940. The number of carbonyl (C=O) groups excluding carboxylic acids is 1. The van der Waals surface area contributed by atoms with Gasteiger partial charge in [0.05, 0.1) is 12.2 Å². The molecule has 1 aromatic heterocycles. The van der Waals surface area contributed by atoms with Gasteiger partial charge in [-0.05, 0) is 12.3 Å². The van der Waals surface area contributed by atoms with Crippen molar-refractivity contribution in [2.24, 2.45) is 5.92 Å². The van der Waals surface area contributed by atoms with Crippen molar-refractivity contribution < 1.29 is 4.79 Å². The lowest BCUT2D eigenvalue weighted by Gasteiger charge is -2.34. The van der Waals surface area contributed by atoms with Crippen LogP contribution in [0.4, 0.5) is 0 Å². The van der Waals surface area contributed by atoms with Gasteiger partial charge in [-0.3, -0.25) is 9.69 Å². The van der Waals surface area contributed by atoms with Gasteiger partial charge in [-0.2, -0.15) is 0 Å². The van der Waals surface area contributed by atoms with Crippen molar-refractivity contribution >= 4 is 17.2 Å². The van der Waals surface area contributed by atoms with E-state index in [4.69, 9.17) is 4.98 Å². The Bertz CT molecular complexity index is 578. The van der Waals surface area contributed by atoms with Crippen molar-refractivity contribution in [3.63, 3.8) is 0 Å². The van der Waals surface area contributed by atoms with E-state index in [2.05, 4.69) is 36.0 Å². The highest BCUT2D eigenvalue weighted by Crippen LogP contribution is 2.28. The van der Waals surface area contributed by atoms with Crippen LogP contribution >= 0.6 is 11.3 Å². The van der Waals surface area contributed by atoms with Gasteiger partial charge >= 0.3 is 0 Å². The molecule has 1 aromatic rings. The molecule has 0 atom stereocenters. The first kappa shape index (κ1) is 19.8. The molecule has 3 rings (SSSR count). The molecule has 4 nitrogen and oxygen atoms in total. The first-order valence-electron chi connectivity index (χ1n) is 10.4. The fraction of sp³-hybridized carbons (Fsp3) is 0.810. The Morgan fingerprint density at radius 3 is 2.46 bits per heavy atom. The van der Waals surface area contributed by atoms with E-state index in [1.165, 1.54) is 42.8 Å². The van der Waals surface area contributed by atoms with E-state index < -0.39 is 0 Å². The maximum atomic E-state index is 12.5. The van der Waals surface area contributed by atoms with E-state index in [0.29, 0.717) is 5.91 Å². The molecule has 1 aliphatic carbocycles. The number of hydrogen-bond acceptors (Lipinski definition) is 4. The average molecular weight is 378 g/mol. The summed E-state index contributed by atoms with van der Waals surface area (Å²) in [6, 6.07) is 0. The van der Waals surface area contributed by atoms with E-state index in [1.807, 2.05) is 0 Å². The molecular weight excluding hydrogens is 342 g/mol. The number of aromatic nitrogens is 1. The second-order valence-electron chi connectivity index (χ2n) is 9.08. The molecule has 2 fully saturated rings. The topological polar surface area (TPSA) is 36.4 Å². The fourth-order valence-electron chi connectivity index (χ4n) is 4.04. The van der Waals surface area contributed by atoms with Gasteiger partial charge in [0.25, 0.3) is 0 Å². The Morgan fingerprint density at radius 1 is 1.15 bits per heavy atom. The second kappa shape index (κ2) is 8.83. The van der Waals surface area contributed by atoms with Crippen molar-refractivity contribution in [3.8, 4) is 0 Å². The van der Waals surface area contributed by atoms with Crippen LogP contribution in [0.1, 0.15) is 76.4 Å². The van der Waals surface area contributed by atoms with Crippen molar-refractivity contribution in [2.75, 3.05) is 26.2 Å². The average Bonchev–Trinajstić information content (AvgIpc) is 3.10. The summed E-state index contributed by atoms with van der Waals surface area (Å²) in [5.74, 6) is 1.18. The van der Waals surface area contributed by atoms with Crippen LogP contribution in [0.15, 0.2) is 5.38 Å². The number of piperazine rings is 1. The normalized spacial score (nSPS) is 20.5. The summed E-state index contributed by atoms with van der Waals surface area (Å²) in [6.45, 7) is 11.3. The molecule has 26 heavy (non-hydrogen) atoms. The van der Waals surface area contributed by atoms with Crippen LogP contribution in [0.5, 0.6) is 0 Å². The molecule has 1 saturated carbocycles. The van der Waals surface area contributed by atoms with Crippen LogP contribution in [-0.2, 0) is 16.8 Å². The lowest BCUT2D eigenvalue weighted by Crippen LogP contribution is -2.48. The van der Waals surface area contributed by atoms with Crippen molar-refractivity contribution in [2.45, 2.75) is 77.7 Å². The third-order valence-corrected chi connectivity index (χ3v) is 6.73. The number of hydrogen-bond donors (Lipinski definition) is 0. The summed E-state index contributed by atoms with van der Waals surface area (Å²) in [5, 5.41) is 3.40. The Labute approximate surface area is 163 Å². The van der Waals surface area contributed by atoms with Gasteiger partial charge in [-0.25, -0.2) is 4.98 Å².